The van der Waals surface area contributed by atoms with Gasteiger partial charge in [-0.3, -0.25) is 0 Å². The summed E-state index contributed by atoms with van der Waals surface area (Å²) in [6.45, 7) is 2.33. The first-order chi connectivity index (χ1) is 10.7. The molecule has 0 amide bonds. The van der Waals surface area contributed by atoms with Crippen molar-refractivity contribution in [3.8, 4) is 5.75 Å². The summed E-state index contributed by atoms with van der Waals surface area (Å²) in [5, 5.41) is 0. The molecule has 24 heavy (non-hydrogen) atoms. The molecular weight excluding hydrogens is 450 g/mol. The van der Waals surface area contributed by atoms with Crippen LogP contribution in [0.4, 0.5) is 0 Å². The summed E-state index contributed by atoms with van der Waals surface area (Å²) in [5.41, 5.74) is 1.94. The summed E-state index contributed by atoms with van der Waals surface area (Å²) >= 11 is 0. The molecule has 2 radical (unpaired) electrons. The van der Waals surface area contributed by atoms with Gasteiger partial charge in [-0.2, -0.15) is 18.2 Å². The zero-order valence-corrected chi connectivity index (χ0v) is 19.7. The van der Waals surface area contributed by atoms with Crippen molar-refractivity contribution in [1.82, 2.24) is 0 Å². The minimum absolute atomic E-state index is 0. The maximum Gasteiger partial charge on any atom is 0.341 e. The van der Waals surface area contributed by atoms with E-state index in [0.717, 1.165) is 5.92 Å². The van der Waals surface area contributed by atoms with Crippen molar-refractivity contribution in [3.63, 3.8) is 0 Å². The first kappa shape index (κ1) is 22.2. The molecule has 1 saturated carbocycles. The van der Waals surface area contributed by atoms with Gasteiger partial charge in [0, 0.05) is 71.2 Å². The van der Waals surface area contributed by atoms with Crippen LogP contribution in [0.15, 0.2) is 48.5 Å². The third-order valence-electron chi connectivity index (χ3n) is 4.53. The van der Waals surface area contributed by atoms with Crippen LogP contribution < -0.4 is 4.74 Å². The largest absolute Gasteiger partial charge is 0.450 e. The van der Waals surface area contributed by atoms with E-state index in [1.165, 1.54) is 31.2 Å². The van der Waals surface area contributed by atoms with Crippen LogP contribution in [0.1, 0.15) is 54.4 Å². The fourth-order valence-electron chi connectivity index (χ4n) is 3.09. The second kappa shape index (κ2) is 11.0. The van der Waals surface area contributed by atoms with E-state index in [-0.39, 0.29) is 71.4 Å². The molecule has 4 heteroatoms. The van der Waals surface area contributed by atoms with Crippen LogP contribution in [-0.2, 0) is 65.4 Å². The maximum absolute atomic E-state index is 12.1. The smallest absolute Gasteiger partial charge is 0.341 e. The van der Waals surface area contributed by atoms with Crippen molar-refractivity contribution in [2.45, 2.75) is 38.5 Å². The summed E-state index contributed by atoms with van der Waals surface area (Å²) in [5.74, 6) is 1.74. The minimum atomic E-state index is -0.310. The molecule has 0 atom stereocenters. The van der Waals surface area contributed by atoms with E-state index < -0.39 is 0 Å². The Balaban J connectivity index is 0.00000144. The molecule has 2 nitrogen and oxygen atoms in total. The summed E-state index contributed by atoms with van der Waals surface area (Å²) in [7, 11) is 0. The first-order valence-corrected chi connectivity index (χ1v) is 8.00. The van der Waals surface area contributed by atoms with Gasteiger partial charge in [0.2, 0.25) is 0 Å². The molecule has 1 aliphatic carbocycles. The fourth-order valence-corrected chi connectivity index (χ4v) is 3.09. The normalized spacial score (nSPS) is 19.5. The van der Waals surface area contributed by atoms with Gasteiger partial charge in [-0.15, -0.1) is 12.1 Å². The zero-order chi connectivity index (χ0) is 15.4. The molecule has 1 fully saturated rings. The molecule has 2 aromatic rings. The van der Waals surface area contributed by atoms with Gasteiger partial charge in [0.25, 0.3) is 0 Å². The Bertz CT molecular complexity index is 618. The van der Waals surface area contributed by atoms with Crippen molar-refractivity contribution >= 4 is 5.97 Å². The molecule has 1 aliphatic rings. The van der Waals surface area contributed by atoms with E-state index in [2.05, 4.69) is 25.1 Å². The first-order valence-electron chi connectivity index (χ1n) is 8.00. The van der Waals surface area contributed by atoms with E-state index in [1.807, 2.05) is 12.1 Å². The van der Waals surface area contributed by atoms with E-state index >= 15 is 0 Å². The molecule has 2 aromatic carbocycles. The predicted octanol–water partition coefficient (Wildman–Crippen LogP) is 4.99. The summed E-state index contributed by atoms with van der Waals surface area (Å²) < 4.78 is 5.34. The van der Waals surface area contributed by atoms with Crippen LogP contribution >= 0.6 is 0 Å². The van der Waals surface area contributed by atoms with Crippen LogP contribution in [0.25, 0.3) is 0 Å². The third kappa shape index (κ3) is 6.13. The monoisotopic (exact) mass is 471 g/mol. The Hall–Kier alpha value is 0.118. The van der Waals surface area contributed by atoms with Crippen molar-refractivity contribution in [3.05, 3.63) is 65.7 Å². The quantitative estimate of drug-likeness (QED) is 0.358. The molecular formula is C20H21O2Y2-. The van der Waals surface area contributed by atoms with Crippen LogP contribution in [-0.4, -0.2) is 5.97 Å². The number of ether oxygens (including phenoxy) is 1. The molecule has 0 spiro atoms. The summed E-state index contributed by atoms with van der Waals surface area (Å²) in [6, 6.07) is 17.7. The van der Waals surface area contributed by atoms with Crippen molar-refractivity contribution < 1.29 is 74.9 Å². The van der Waals surface area contributed by atoms with Gasteiger partial charge in [-0.1, -0.05) is 31.9 Å². The van der Waals surface area contributed by atoms with Crippen LogP contribution in [0.3, 0.4) is 0 Å². The SMILES string of the molecule is CC1CCC(c2ccc(C(=O)Oc3cc[c-]cc3)cc2)CC1.[Y].[Y]. The Labute approximate surface area is 194 Å². The molecule has 0 aromatic heterocycles. The van der Waals surface area contributed by atoms with Gasteiger partial charge in [0.05, 0.1) is 5.56 Å². The van der Waals surface area contributed by atoms with Gasteiger partial charge >= 0.3 is 5.97 Å². The average molecular weight is 471 g/mol. The van der Waals surface area contributed by atoms with Crippen LogP contribution in [0.5, 0.6) is 5.75 Å². The van der Waals surface area contributed by atoms with Gasteiger partial charge in [-0.25, -0.2) is 4.79 Å². The molecule has 0 saturated heterocycles. The number of carbonyl (C=O) groups excluding carboxylic acids is 1. The summed E-state index contributed by atoms with van der Waals surface area (Å²) in [6.07, 6.45) is 5.12. The van der Waals surface area contributed by atoms with E-state index in [0.29, 0.717) is 17.2 Å². The van der Waals surface area contributed by atoms with E-state index in [4.69, 9.17) is 4.74 Å². The molecule has 0 N–H and O–H groups in total. The van der Waals surface area contributed by atoms with Gasteiger partial charge in [-0.05, 0) is 42.4 Å². The zero-order valence-electron chi connectivity index (χ0n) is 14.1. The molecule has 3 rings (SSSR count). The van der Waals surface area contributed by atoms with Crippen LogP contribution in [0, 0.1) is 12.0 Å². The van der Waals surface area contributed by atoms with E-state index in [1.54, 1.807) is 24.3 Å². The molecule has 120 valence electrons. The molecule has 0 bridgehead atoms. The van der Waals surface area contributed by atoms with Gasteiger partial charge < -0.3 is 4.74 Å². The standard InChI is InChI=1S/C20H21O2.2Y/c1-15-7-9-16(10-8-15)17-11-13-18(14-12-17)20(21)22-19-5-3-2-4-6-19;;/h3-6,11-16H,7-10H2,1H3;;/q-1;;. The second-order valence-electron chi connectivity index (χ2n) is 6.20. The average Bonchev–Trinajstić information content (AvgIpc) is 2.57. The number of esters is 1. The Morgan fingerprint density at radius 1 is 0.958 bits per heavy atom. The topological polar surface area (TPSA) is 26.3 Å². The Kier molecular flexibility index (Phi) is 10.1. The van der Waals surface area contributed by atoms with Crippen molar-refractivity contribution in [2.24, 2.45) is 5.92 Å². The molecule has 0 aliphatic heterocycles. The van der Waals surface area contributed by atoms with E-state index in [9.17, 15) is 4.79 Å². The van der Waals surface area contributed by atoms with Gasteiger partial charge in [0.15, 0.2) is 0 Å². The van der Waals surface area contributed by atoms with Crippen molar-refractivity contribution in [1.29, 1.82) is 0 Å². The molecule has 0 unspecified atom stereocenters. The number of hydrogen-bond donors (Lipinski definition) is 0. The van der Waals surface area contributed by atoms with Crippen LogP contribution in [0.2, 0.25) is 0 Å². The number of carbonyl (C=O) groups is 1. The summed E-state index contributed by atoms with van der Waals surface area (Å²) in [4.78, 5) is 12.1. The van der Waals surface area contributed by atoms with Crippen molar-refractivity contribution in [2.75, 3.05) is 0 Å². The third-order valence-corrected chi connectivity index (χ3v) is 4.53. The van der Waals surface area contributed by atoms with Gasteiger partial charge in [0.1, 0.15) is 0 Å². The predicted molar refractivity (Wildman–Crippen MR) is 87.1 cm³/mol. The fraction of sp³-hybridized carbons (Fsp3) is 0.350. The number of rotatable bonds is 3. The Morgan fingerprint density at radius 3 is 2.12 bits per heavy atom. The number of benzene rings is 2. The maximum atomic E-state index is 12.1. The second-order valence-corrected chi connectivity index (χ2v) is 6.20. The number of hydrogen-bond acceptors (Lipinski definition) is 2. The Morgan fingerprint density at radius 2 is 1.54 bits per heavy atom. The molecule has 0 heterocycles. The minimum Gasteiger partial charge on any atom is -0.450 e.